The van der Waals surface area contributed by atoms with Gasteiger partial charge < -0.3 is 19.7 Å². The van der Waals surface area contributed by atoms with Crippen LogP contribution in [0.4, 0.5) is 14.9 Å². The lowest BCUT2D eigenvalue weighted by Gasteiger charge is -2.18. The Morgan fingerprint density at radius 2 is 2.04 bits per heavy atom. The van der Waals surface area contributed by atoms with Gasteiger partial charge in [0.25, 0.3) is 0 Å². The minimum absolute atomic E-state index is 0.191. The van der Waals surface area contributed by atoms with Gasteiger partial charge in [-0.1, -0.05) is 18.2 Å². The molecule has 1 aliphatic rings. The first-order valence-corrected chi connectivity index (χ1v) is 8.73. The van der Waals surface area contributed by atoms with Crippen molar-refractivity contribution in [3.8, 4) is 11.5 Å². The van der Waals surface area contributed by atoms with E-state index in [1.165, 1.54) is 12.1 Å². The van der Waals surface area contributed by atoms with E-state index in [1.807, 2.05) is 24.3 Å². The molecule has 1 aliphatic heterocycles. The second-order valence-corrected chi connectivity index (χ2v) is 6.33. The highest BCUT2D eigenvalue weighted by Crippen LogP contribution is 2.27. The predicted molar refractivity (Wildman–Crippen MR) is 98.2 cm³/mol. The van der Waals surface area contributed by atoms with Crippen LogP contribution < -0.4 is 14.8 Å². The molecule has 0 aromatic heterocycles. The third-order valence-corrected chi connectivity index (χ3v) is 4.50. The van der Waals surface area contributed by atoms with Crippen molar-refractivity contribution in [2.45, 2.75) is 12.8 Å². The second kappa shape index (κ2) is 8.56. The first-order chi connectivity index (χ1) is 12.7. The largest absolute Gasteiger partial charge is 0.493 e. The average molecular weight is 358 g/mol. The molecule has 0 bridgehead atoms. The number of hydrogen-bond donors (Lipinski definition) is 1. The molecule has 5 nitrogen and oxygen atoms in total. The second-order valence-electron chi connectivity index (χ2n) is 6.33. The zero-order valence-electron chi connectivity index (χ0n) is 14.8. The Kier molecular flexibility index (Phi) is 5.94. The number of urea groups is 1. The summed E-state index contributed by atoms with van der Waals surface area (Å²) in [4.78, 5) is 14.1. The highest BCUT2D eigenvalue weighted by Gasteiger charge is 2.26. The predicted octanol–water partition coefficient (Wildman–Crippen LogP) is 4.16. The van der Waals surface area contributed by atoms with Crippen molar-refractivity contribution in [1.82, 2.24) is 4.90 Å². The number of anilines is 1. The maximum absolute atomic E-state index is 13.2. The summed E-state index contributed by atoms with van der Waals surface area (Å²) in [5, 5.41) is 2.74. The summed E-state index contributed by atoms with van der Waals surface area (Å²) in [5.74, 6) is 1.47. The van der Waals surface area contributed by atoms with Gasteiger partial charge in [-0.2, -0.15) is 0 Å². The number of carbonyl (C=O) groups is 1. The van der Waals surface area contributed by atoms with Crippen molar-refractivity contribution >= 4 is 11.7 Å². The smallest absolute Gasteiger partial charge is 0.321 e. The van der Waals surface area contributed by atoms with Gasteiger partial charge in [0.2, 0.25) is 0 Å². The quantitative estimate of drug-likeness (QED) is 0.844. The maximum atomic E-state index is 13.2. The van der Waals surface area contributed by atoms with Gasteiger partial charge in [-0.3, -0.25) is 0 Å². The highest BCUT2D eigenvalue weighted by atomic mass is 19.1. The third kappa shape index (κ3) is 4.65. The molecule has 0 spiro atoms. The number of nitrogens with one attached hydrogen (secondary N) is 1. The van der Waals surface area contributed by atoms with E-state index in [4.69, 9.17) is 9.47 Å². The number of para-hydroxylation sites is 2. The maximum Gasteiger partial charge on any atom is 0.321 e. The molecule has 2 aromatic rings. The van der Waals surface area contributed by atoms with E-state index in [-0.39, 0.29) is 11.8 Å². The van der Waals surface area contributed by atoms with Crippen molar-refractivity contribution in [2.24, 2.45) is 5.92 Å². The fourth-order valence-electron chi connectivity index (χ4n) is 3.10. The van der Waals surface area contributed by atoms with E-state index in [2.05, 4.69) is 5.32 Å². The third-order valence-electron chi connectivity index (χ3n) is 4.50. The van der Waals surface area contributed by atoms with E-state index in [0.29, 0.717) is 31.3 Å². The number of rotatable bonds is 6. The number of nitrogens with zero attached hydrogens (tertiary/aromatic N) is 1. The highest BCUT2D eigenvalue weighted by molar-refractivity contribution is 5.89. The molecule has 2 amide bonds. The van der Waals surface area contributed by atoms with E-state index in [9.17, 15) is 9.18 Å². The topological polar surface area (TPSA) is 50.8 Å². The number of methoxy groups -OCH3 is 1. The molecule has 3 rings (SSSR count). The molecule has 0 saturated carbocycles. The molecular weight excluding hydrogens is 335 g/mol. The van der Waals surface area contributed by atoms with Crippen molar-refractivity contribution in [3.63, 3.8) is 0 Å². The SMILES string of the molecule is COc1ccccc1OCCC1CCN(C(=O)Nc2cccc(F)c2)C1. The van der Waals surface area contributed by atoms with Crippen LogP contribution in [-0.2, 0) is 0 Å². The fourth-order valence-corrected chi connectivity index (χ4v) is 3.10. The van der Waals surface area contributed by atoms with Gasteiger partial charge in [0.1, 0.15) is 5.82 Å². The van der Waals surface area contributed by atoms with Crippen LogP contribution in [0, 0.1) is 11.7 Å². The first kappa shape index (κ1) is 18.0. The van der Waals surface area contributed by atoms with Gasteiger partial charge in [0.15, 0.2) is 11.5 Å². The molecule has 138 valence electrons. The van der Waals surface area contributed by atoms with Gasteiger partial charge in [0, 0.05) is 18.8 Å². The van der Waals surface area contributed by atoms with Crippen molar-refractivity contribution in [1.29, 1.82) is 0 Å². The number of amides is 2. The summed E-state index contributed by atoms with van der Waals surface area (Å²) in [6.07, 6.45) is 1.80. The van der Waals surface area contributed by atoms with Crippen LogP contribution in [-0.4, -0.2) is 37.7 Å². The number of halogens is 1. The van der Waals surface area contributed by atoms with Gasteiger partial charge in [-0.25, -0.2) is 9.18 Å². The van der Waals surface area contributed by atoms with Crippen LogP contribution in [0.1, 0.15) is 12.8 Å². The standard InChI is InChI=1S/C20H23FN2O3/c1-25-18-7-2-3-8-19(18)26-12-10-15-9-11-23(14-15)20(24)22-17-6-4-5-16(21)13-17/h2-8,13,15H,9-12,14H2,1H3,(H,22,24). The Morgan fingerprint density at radius 1 is 1.23 bits per heavy atom. The number of benzene rings is 2. The van der Waals surface area contributed by atoms with E-state index < -0.39 is 0 Å². The lowest BCUT2D eigenvalue weighted by atomic mass is 10.1. The Labute approximate surface area is 152 Å². The number of carbonyl (C=O) groups excluding carboxylic acids is 1. The van der Waals surface area contributed by atoms with Crippen LogP contribution in [0.2, 0.25) is 0 Å². The monoisotopic (exact) mass is 358 g/mol. The fraction of sp³-hybridized carbons (Fsp3) is 0.350. The van der Waals surface area contributed by atoms with Crippen LogP contribution in [0.3, 0.4) is 0 Å². The van der Waals surface area contributed by atoms with Gasteiger partial charge in [0.05, 0.1) is 13.7 Å². The van der Waals surface area contributed by atoms with Crippen LogP contribution in [0.15, 0.2) is 48.5 Å². The summed E-state index contributed by atoms with van der Waals surface area (Å²) < 4.78 is 24.3. The molecule has 1 saturated heterocycles. The molecule has 1 atom stereocenters. The zero-order valence-corrected chi connectivity index (χ0v) is 14.8. The summed E-state index contributed by atoms with van der Waals surface area (Å²) in [7, 11) is 1.62. The van der Waals surface area contributed by atoms with Crippen molar-refractivity contribution in [3.05, 3.63) is 54.3 Å². The summed E-state index contributed by atoms with van der Waals surface area (Å²) in [5.41, 5.74) is 0.470. The Bertz CT molecular complexity index is 753. The number of ether oxygens (including phenoxy) is 2. The molecular formula is C20H23FN2O3. The van der Waals surface area contributed by atoms with Crippen molar-refractivity contribution in [2.75, 3.05) is 32.1 Å². The molecule has 1 N–H and O–H groups in total. The van der Waals surface area contributed by atoms with Crippen LogP contribution in [0.5, 0.6) is 11.5 Å². The molecule has 26 heavy (non-hydrogen) atoms. The normalized spacial score (nSPS) is 16.4. The Morgan fingerprint density at radius 3 is 2.81 bits per heavy atom. The lowest BCUT2D eigenvalue weighted by Crippen LogP contribution is -2.33. The molecule has 2 aromatic carbocycles. The molecule has 1 fully saturated rings. The molecule has 1 heterocycles. The van der Waals surface area contributed by atoms with Crippen LogP contribution >= 0.6 is 0 Å². The van der Waals surface area contributed by atoms with Gasteiger partial charge in [-0.15, -0.1) is 0 Å². The van der Waals surface area contributed by atoms with E-state index in [0.717, 1.165) is 24.3 Å². The van der Waals surface area contributed by atoms with Crippen molar-refractivity contribution < 1.29 is 18.7 Å². The van der Waals surface area contributed by atoms with E-state index in [1.54, 1.807) is 24.1 Å². The van der Waals surface area contributed by atoms with Gasteiger partial charge >= 0.3 is 6.03 Å². The Balaban J connectivity index is 1.44. The van der Waals surface area contributed by atoms with E-state index >= 15 is 0 Å². The molecule has 0 radical (unpaired) electrons. The number of hydrogen-bond acceptors (Lipinski definition) is 3. The molecule has 1 unspecified atom stereocenters. The summed E-state index contributed by atoms with van der Waals surface area (Å²) >= 11 is 0. The molecule has 6 heteroatoms. The zero-order chi connectivity index (χ0) is 18.4. The average Bonchev–Trinajstić information content (AvgIpc) is 3.11. The first-order valence-electron chi connectivity index (χ1n) is 8.73. The Hall–Kier alpha value is -2.76. The van der Waals surface area contributed by atoms with Gasteiger partial charge in [-0.05, 0) is 49.1 Å². The lowest BCUT2D eigenvalue weighted by molar-refractivity contribution is 0.218. The summed E-state index contributed by atoms with van der Waals surface area (Å²) in [6, 6.07) is 13.3. The minimum atomic E-state index is -0.365. The molecule has 0 aliphatic carbocycles. The minimum Gasteiger partial charge on any atom is -0.493 e. The summed E-state index contributed by atoms with van der Waals surface area (Å²) in [6.45, 7) is 1.95. The number of likely N-dealkylation sites (tertiary alicyclic amines) is 1. The van der Waals surface area contributed by atoms with Crippen LogP contribution in [0.25, 0.3) is 0 Å².